The Kier molecular flexibility index (Phi) is 6.05. The molecule has 0 saturated carbocycles. The van der Waals surface area contributed by atoms with Crippen LogP contribution in [0.25, 0.3) is 0 Å². The molecular weight excluding hydrogens is 324 g/mol. The average Bonchev–Trinajstić information content (AvgIpc) is 2.95. The van der Waals surface area contributed by atoms with Crippen LogP contribution in [0.2, 0.25) is 0 Å². The van der Waals surface area contributed by atoms with Crippen molar-refractivity contribution in [1.82, 2.24) is 0 Å². The van der Waals surface area contributed by atoms with Gasteiger partial charge in [-0.05, 0) is 61.7 Å². The monoisotopic (exact) mass is 350 g/mol. The third kappa shape index (κ3) is 4.51. The molecule has 0 aromatic heterocycles. The lowest BCUT2D eigenvalue weighted by Crippen LogP contribution is -2.36. The number of Topliss-reactive ketones (excluding diaryl/α,β-unsaturated/α-hetero) is 1. The van der Waals surface area contributed by atoms with Gasteiger partial charge in [-0.15, -0.1) is 0 Å². The summed E-state index contributed by atoms with van der Waals surface area (Å²) in [6.07, 6.45) is 4.36. The van der Waals surface area contributed by atoms with Gasteiger partial charge in [0.1, 0.15) is 11.6 Å². The zero-order chi connectivity index (χ0) is 18.4. The standard InChI is InChI=1S/C22H26N2O2/c1-17-7-6-8-19(15-17)24(22-9-4-3-5-14-23-22)16-21(25)18-10-12-20(26-2)13-11-18/h6-8,10-13,15H,3-5,9,14,16H2,1-2H3. The molecule has 0 spiro atoms. The highest BCUT2D eigenvalue weighted by Crippen LogP contribution is 2.21. The van der Waals surface area contributed by atoms with Crippen LogP contribution in [0.1, 0.15) is 41.6 Å². The number of aryl methyl sites for hydroxylation is 1. The number of hydrogen-bond donors (Lipinski definition) is 0. The van der Waals surface area contributed by atoms with Crippen LogP contribution in [0.4, 0.5) is 5.69 Å². The van der Waals surface area contributed by atoms with E-state index in [4.69, 9.17) is 9.73 Å². The molecule has 0 N–H and O–H groups in total. The summed E-state index contributed by atoms with van der Waals surface area (Å²) in [4.78, 5) is 19.8. The lowest BCUT2D eigenvalue weighted by molar-refractivity contribution is 0.100. The Bertz CT molecular complexity index is 781. The summed E-state index contributed by atoms with van der Waals surface area (Å²) in [5.74, 6) is 1.86. The highest BCUT2D eigenvalue weighted by molar-refractivity contribution is 6.07. The topological polar surface area (TPSA) is 41.9 Å². The lowest BCUT2D eigenvalue weighted by atomic mass is 10.1. The Morgan fingerprint density at radius 3 is 2.65 bits per heavy atom. The quantitative estimate of drug-likeness (QED) is 0.736. The van der Waals surface area contributed by atoms with Crippen LogP contribution >= 0.6 is 0 Å². The van der Waals surface area contributed by atoms with E-state index in [1.165, 1.54) is 12.0 Å². The van der Waals surface area contributed by atoms with E-state index in [2.05, 4.69) is 30.0 Å². The number of methoxy groups -OCH3 is 1. The molecule has 0 saturated heterocycles. The number of benzene rings is 2. The van der Waals surface area contributed by atoms with Gasteiger partial charge in [0.05, 0.1) is 13.7 Å². The second-order valence-electron chi connectivity index (χ2n) is 6.69. The van der Waals surface area contributed by atoms with Crippen molar-refractivity contribution in [3.8, 4) is 5.75 Å². The molecule has 2 aromatic carbocycles. The smallest absolute Gasteiger partial charge is 0.182 e. The minimum atomic E-state index is 0.0844. The van der Waals surface area contributed by atoms with E-state index in [9.17, 15) is 4.79 Å². The fourth-order valence-electron chi connectivity index (χ4n) is 3.22. The lowest BCUT2D eigenvalue weighted by Gasteiger charge is -2.26. The summed E-state index contributed by atoms with van der Waals surface area (Å²) >= 11 is 0. The molecule has 136 valence electrons. The number of nitrogens with zero attached hydrogens (tertiary/aromatic N) is 2. The highest BCUT2D eigenvalue weighted by atomic mass is 16.5. The van der Waals surface area contributed by atoms with E-state index >= 15 is 0 Å². The van der Waals surface area contributed by atoms with Gasteiger partial charge in [-0.25, -0.2) is 0 Å². The van der Waals surface area contributed by atoms with Gasteiger partial charge in [-0.1, -0.05) is 18.6 Å². The van der Waals surface area contributed by atoms with Gasteiger partial charge in [0.2, 0.25) is 0 Å². The molecule has 2 aromatic rings. The van der Waals surface area contributed by atoms with Crippen molar-refractivity contribution in [1.29, 1.82) is 0 Å². The minimum Gasteiger partial charge on any atom is -0.497 e. The van der Waals surface area contributed by atoms with Gasteiger partial charge in [0.15, 0.2) is 5.78 Å². The Labute approximate surface area is 155 Å². The number of hydrogen-bond acceptors (Lipinski definition) is 4. The van der Waals surface area contributed by atoms with Crippen molar-refractivity contribution < 1.29 is 9.53 Å². The number of rotatable bonds is 5. The number of anilines is 1. The summed E-state index contributed by atoms with van der Waals surface area (Å²) in [7, 11) is 1.63. The van der Waals surface area contributed by atoms with E-state index in [0.717, 1.165) is 43.1 Å². The molecule has 1 heterocycles. The zero-order valence-electron chi connectivity index (χ0n) is 15.6. The number of aliphatic imine (C=N–C) groups is 1. The van der Waals surface area contributed by atoms with Gasteiger partial charge >= 0.3 is 0 Å². The predicted molar refractivity (Wildman–Crippen MR) is 107 cm³/mol. The Hall–Kier alpha value is -2.62. The van der Waals surface area contributed by atoms with Crippen molar-refractivity contribution in [2.75, 3.05) is 25.1 Å². The molecule has 0 bridgehead atoms. The largest absolute Gasteiger partial charge is 0.497 e. The van der Waals surface area contributed by atoms with Crippen LogP contribution in [0.15, 0.2) is 53.5 Å². The van der Waals surface area contributed by atoms with Gasteiger partial charge in [-0.2, -0.15) is 0 Å². The second-order valence-corrected chi connectivity index (χ2v) is 6.69. The zero-order valence-corrected chi connectivity index (χ0v) is 15.6. The molecule has 0 atom stereocenters. The number of carbonyl (C=O) groups excluding carboxylic acids is 1. The summed E-state index contributed by atoms with van der Waals surface area (Å²) in [6, 6.07) is 15.6. The van der Waals surface area contributed by atoms with Crippen LogP contribution in [0.3, 0.4) is 0 Å². The molecule has 0 unspecified atom stereocenters. The first-order valence-electron chi connectivity index (χ1n) is 9.22. The maximum atomic E-state index is 12.9. The van der Waals surface area contributed by atoms with Crippen LogP contribution in [0.5, 0.6) is 5.75 Å². The second kappa shape index (κ2) is 8.65. The van der Waals surface area contributed by atoms with Crippen LogP contribution in [-0.2, 0) is 0 Å². The minimum absolute atomic E-state index is 0.0844. The Balaban J connectivity index is 1.87. The van der Waals surface area contributed by atoms with Crippen molar-refractivity contribution in [3.63, 3.8) is 0 Å². The summed E-state index contributed by atoms with van der Waals surface area (Å²) in [5.41, 5.74) is 2.91. The number of ketones is 1. The Morgan fingerprint density at radius 1 is 1.12 bits per heavy atom. The van der Waals surface area contributed by atoms with Gasteiger partial charge in [-0.3, -0.25) is 9.79 Å². The first-order valence-corrected chi connectivity index (χ1v) is 9.22. The summed E-state index contributed by atoms with van der Waals surface area (Å²) in [5, 5.41) is 0. The van der Waals surface area contributed by atoms with E-state index in [0.29, 0.717) is 12.1 Å². The molecule has 4 heteroatoms. The molecule has 3 rings (SSSR count). The molecule has 0 aliphatic carbocycles. The fraction of sp³-hybridized carbons (Fsp3) is 0.364. The van der Waals surface area contributed by atoms with Crippen molar-refractivity contribution in [3.05, 3.63) is 59.7 Å². The van der Waals surface area contributed by atoms with Gasteiger partial charge in [0.25, 0.3) is 0 Å². The molecule has 0 amide bonds. The molecule has 26 heavy (non-hydrogen) atoms. The molecular formula is C22H26N2O2. The predicted octanol–water partition coefficient (Wildman–Crippen LogP) is 4.67. The van der Waals surface area contributed by atoms with Gasteiger partial charge < -0.3 is 9.64 Å². The third-order valence-electron chi connectivity index (χ3n) is 4.69. The van der Waals surface area contributed by atoms with Gasteiger partial charge in [0, 0.05) is 24.2 Å². The van der Waals surface area contributed by atoms with Crippen molar-refractivity contribution >= 4 is 17.3 Å². The molecule has 1 aliphatic rings. The maximum absolute atomic E-state index is 12.9. The molecule has 0 radical (unpaired) electrons. The van der Waals surface area contributed by atoms with Crippen molar-refractivity contribution in [2.45, 2.75) is 32.6 Å². The first kappa shape index (κ1) is 18.2. The highest BCUT2D eigenvalue weighted by Gasteiger charge is 2.19. The van der Waals surface area contributed by atoms with E-state index in [1.807, 2.05) is 30.3 Å². The normalized spacial score (nSPS) is 14.3. The number of ether oxygens (including phenoxy) is 1. The van der Waals surface area contributed by atoms with Crippen LogP contribution < -0.4 is 9.64 Å². The number of carbonyl (C=O) groups is 1. The maximum Gasteiger partial charge on any atom is 0.182 e. The van der Waals surface area contributed by atoms with E-state index in [-0.39, 0.29) is 5.78 Å². The SMILES string of the molecule is COc1ccc(C(=O)CN(C2=NCCCCC2)c2cccc(C)c2)cc1. The fourth-order valence-corrected chi connectivity index (χ4v) is 3.22. The third-order valence-corrected chi connectivity index (χ3v) is 4.69. The van der Waals surface area contributed by atoms with Crippen LogP contribution in [-0.4, -0.2) is 31.8 Å². The molecule has 0 fully saturated rings. The van der Waals surface area contributed by atoms with Crippen molar-refractivity contribution in [2.24, 2.45) is 4.99 Å². The molecule has 1 aliphatic heterocycles. The summed E-state index contributed by atoms with van der Waals surface area (Å²) < 4.78 is 5.18. The molecule has 4 nitrogen and oxygen atoms in total. The van der Waals surface area contributed by atoms with Crippen LogP contribution in [0, 0.1) is 6.92 Å². The summed E-state index contributed by atoms with van der Waals surface area (Å²) in [6.45, 7) is 3.21. The number of amidine groups is 1. The average molecular weight is 350 g/mol. The van der Waals surface area contributed by atoms with E-state index < -0.39 is 0 Å². The Morgan fingerprint density at radius 2 is 1.92 bits per heavy atom. The van der Waals surface area contributed by atoms with E-state index in [1.54, 1.807) is 7.11 Å². The first-order chi connectivity index (χ1) is 12.7.